The number of nitrogen functional groups attached to an aromatic ring is 1. The zero-order chi connectivity index (χ0) is 13.1. The van der Waals surface area contributed by atoms with Crippen molar-refractivity contribution in [2.75, 3.05) is 5.73 Å². The molecule has 2 heterocycles. The number of amides is 1. The molecular formula is C13H15N3O2. The van der Waals surface area contributed by atoms with E-state index in [1.54, 1.807) is 25.3 Å². The molecule has 0 aliphatic carbocycles. The Morgan fingerprint density at radius 2 is 2.33 bits per heavy atom. The van der Waals surface area contributed by atoms with Crippen molar-refractivity contribution in [2.24, 2.45) is 0 Å². The van der Waals surface area contributed by atoms with Gasteiger partial charge in [-0.2, -0.15) is 0 Å². The molecule has 5 nitrogen and oxygen atoms in total. The minimum atomic E-state index is -0.212. The first-order chi connectivity index (χ1) is 8.58. The lowest BCUT2D eigenvalue weighted by atomic mass is 10.1. The van der Waals surface area contributed by atoms with Gasteiger partial charge in [0, 0.05) is 0 Å². The van der Waals surface area contributed by atoms with Crippen molar-refractivity contribution in [3.63, 3.8) is 0 Å². The van der Waals surface area contributed by atoms with Gasteiger partial charge in [-0.25, -0.2) is 0 Å². The predicted molar refractivity (Wildman–Crippen MR) is 68.0 cm³/mol. The number of nitrogens with one attached hydrogen (secondary N) is 1. The van der Waals surface area contributed by atoms with Crippen LogP contribution in [0.25, 0.3) is 0 Å². The number of rotatable bonds is 3. The smallest absolute Gasteiger partial charge is 0.253 e. The van der Waals surface area contributed by atoms with Crippen LogP contribution < -0.4 is 11.1 Å². The maximum atomic E-state index is 12.1. The number of hydrogen-bond acceptors (Lipinski definition) is 4. The second-order valence-corrected chi connectivity index (χ2v) is 4.11. The van der Waals surface area contributed by atoms with Gasteiger partial charge in [0.15, 0.2) is 0 Å². The molecule has 0 saturated carbocycles. The van der Waals surface area contributed by atoms with Crippen LogP contribution in [0, 0.1) is 6.92 Å². The summed E-state index contributed by atoms with van der Waals surface area (Å²) in [5, 5.41) is 2.84. The van der Waals surface area contributed by atoms with E-state index in [2.05, 4.69) is 10.3 Å². The number of carbonyl (C=O) groups is 1. The quantitative estimate of drug-likeness (QED) is 0.867. The number of carbonyl (C=O) groups excluding carboxylic acids is 1. The Bertz CT molecular complexity index is 549. The van der Waals surface area contributed by atoms with Crippen molar-refractivity contribution >= 4 is 11.6 Å². The van der Waals surface area contributed by atoms with Crippen molar-refractivity contribution in [1.82, 2.24) is 10.3 Å². The fourth-order valence-electron chi connectivity index (χ4n) is 1.66. The van der Waals surface area contributed by atoms with Crippen LogP contribution in [0.15, 0.2) is 35.1 Å². The summed E-state index contributed by atoms with van der Waals surface area (Å²) in [6.07, 6.45) is 3.10. The van der Waals surface area contributed by atoms with Gasteiger partial charge in [-0.15, -0.1) is 0 Å². The molecule has 0 bridgehead atoms. The standard InChI is InChI=1S/C13H15N3O2/c1-8-11(6-10(14)7-15-8)13(17)16-9(2)12-4-3-5-18-12/h3-7,9H,14H2,1-2H3,(H,16,17). The Morgan fingerprint density at radius 3 is 3.00 bits per heavy atom. The predicted octanol–water partition coefficient (Wildman–Crippen LogP) is 2.06. The topological polar surface area (TPSA) is 81.1 Å². The van der Waals surface area contributed by atoms with Gasteiger partial charge in [0.25, 0.3) is 5.91 Å². The molecule has 2 rings (SSSR count). The van der Waals surface area contributed by atoms with E-state index in [0.29, 0.717) is 22.7 Å². The molecule has 0 radical (unpaired) electrons. The molecule has 0 fully saturated rings. The van der Waals surface area contributed by atoms with Crippen LogP contribution in [0.1, 0.15) is 34.8 Å². The van der Waals surface area contributed by atoms with Gasteiger partial charge in [0.2, 0.25) is 0 Å². The van der Waals surface area contributed by atoms with Gasteiger partial charge >= 0.3 is 0 Å². The molecule has 2 aromatic rings. The molecule has 1 amide bonds. The highest BCUT2D eigenvalue weighted by molar-refractivity contribution is 5.96. The average Bonchev–Trinajstić information content (AvgIpc) is 2.85. The fraction of sp³-hybridized carbons (Fsp3) is 0.231. The van der Waals surface area contributed by atoms with Gasteiger partial charge in [0.1, 0.15) is 5.76 Å². The first kappa shape index (κ1) is 12.2. The zero-order valence-corrected chi connectivity index (χ0v) is 10.3. The number of hydrogen-bond donors (Lipinski definition) is 2. The van der Waals surface area contributed by atoms with Crippen LogP contribution >= 0.6 is 0 Å². The monoisotopic (exact) mass is 245 g/mol. The molecule has 1 atom stereocenters. The number of anilines is 1. The molecular weight excluding hydrogens is 230 g/mol. The van der Waals surface area contributed by atoms with Crippen LogP contribution in [0.5, 0.6) is 0 Å². The second kappa shape index (κ2) is 4.91. The lowest BCUT2D eigenvalue weighted by Crippen LogP contribution is -2.27. The molecule has 0 aliphatic heterocycles. The first-order valence-corrected chi connectivity index (χ1v) is 5.64. The van der Waals surface area contributed by atoms with Gasteiger partial charge in [-0.1, -0.05) is 0 Å². The van der Waals surface area contributed by atoms with E-state index in [1.807, 2.05) is 13.0 Å². The normalized spacial score (nSPS) is 12.1. The number of nitrogens with two attached hydrogens (primary N) is 1. The average molecular weight is 245 g/mol. The molecule has 3 N–H and O–H groups in total. The van der Waals surface area contributed by atoms with E-state index >= 15 is 0 Å². The summed E-state index contributed by atoms with van der Waals surface area (Å²) in [6.45, 7) is 3.62. The number of aryl methyl sites for hydroxylation is 1. The van der Waals surface area contributed by atoms with Crippen molar-refractivity contribution in [2.45, 2.75) is 19.9 Å². The van der Waals surface area contributed by atoms with Gasteiger partial charge in [-0.05, 0) is 32.0 Å². The molecule has 94 valence electrons. The Balaban J connectivity index is 2.15. The van der Waals surface area contributed by atoms with Crippen molar-refractivity contribution in [3.05, 3.63) is 47.7 Å². The van der Waals surface area contributed by atoms with E-state index in [0.717, 1.165) is 0 Å². The number of furan rings is 1. The van der Waals surface area contributed by atoms with E-state index in [4.69, 9.17) is 10.2 Å². The molecule has 5 heteroatoms. The lowest BCUT2D eigenvalue weighted by Gasteiger charge is -2.12. The highest BCUT2D eigenvalue weighted by Crippen LogP contribution is 2.15. The number of nitrogens with zero attached hydrogens (tertiary/aromatic N) is 1. The van der Waals surface area contributed by atoms with Crippen LogP contribution in [-0.4, -0.2) is 10.9 Å². The molecule has 0 aliphatic rings. The molecule has 0 aromatic carbocycles. The third kappa shape index (κ3) is 2.51. The van der Waals surface area contributed by atoms with E-state index in [9.17, 15) is 4.79 Å². The van der Waals surface area contributed by atoms with Gasteiger partial charge in [0.05, 0.1) is 35.4 Å². The molecule has 0 spiro atoms. The summed E-state index contributed by atoms with van der Waals surface area (Å²) >= 11 is 0. The van der Waals surface area contributed by atoms with E-state index in [-0.39, 0.29) is 11.9 Å². The number of pyridine rings is 1. The number of aromatic nitrogens is 1. The van der Waals surface area contributed by atoms with E-state index in [1.165, 1.54) is 6.20 Å². The van der Waals surface area contributed by atoms with Crippen LogP contribution in [0.4, 0.5) is 5.69 Å². The third-order valence-electron chi connectivity index (χ3n) is 2.67. The minimum absolute atomic E-state index is 0.201. The molecule has 0 saturated heterocycles. The fourth-order valence-corrected chi connectivity index (χ4v) is 1.66. The maximum Gasteiger partial charge on any atom is 0.253 e. The minimum Gasteiger partial charge on any atom is -0.467 e. The largest absolute Gasteiger partial charge is 0.467 e. The Labute approximate surface area is 105 Å². The van der Waals surface area contributed by atoms with Crippen LogP contribution in [0.3, 0.4) is 0 Å². The first-order valence-electron chi connectivity index (χ1n) is 5.64. The summed E-state index contributed by atoms with van der Waals surface area (Å²) < 4.78 is 5.23. The van der Waals surface area contributed by atoms with Crippen LogP contribution in [-0.2, 0) is 0 Å². The van der Waals surface area contributed by atoms with Gasteiger partial charge < -0.3 is 15.5 Å². The second-order valence-electron chi connectivity index (χ2n) is 4.11. The van der Waals surface area contributed by atoms with Crippen molar-refractivity contribution in [1.29, 1.82) is 0 Å². The molecule has 1 unspecified atom stereocenters. The third-order valence-corrected chi connectivity index (χ3v) is 2.67. The summed E-state index contributed by atoms with van der Waals surface area (Å²) in [5.41, 5.74) is 7.23. The summed E-state index contributed by atoms with van der Waals surface area (Å²) in [6, 6.07) is 5.01. The SMILES string of the molecule is Cc1ncc(N)cc1C(=O)NC(C)c1ccco1. The zero-order valence-electron chi connectivity index (χ0n) is 10.3. The Hall–Kier alpha value is -2.30. The lowest BCUT2D eigenvalue weighted by molar-refractivity contribution is 0.0934. The van der Waals surface area contributed by atoms with E-state index < -0.39 is 0 Å². The molecule has 2 aromatic heterocycles. The highest BCUT2D eigenvalue weighted by atomic mass is 16.3. The summed E-state index contributed by atoms with van der Waals surface area (Å²) in [4.78, 5) is 16.1. The molecule has 18 heavy (non-hydrogen) atoms. The van der Waals surface area contributed by atoms with Crippen LogP contribution in [0.2, 0.25) is 0 Å². The summed E-state index contributed by atoms with van der Waals surface area (Å²) in [7, 11) is 0. The Kier molecular flexibility index (Phi) is 3.32. The highest BCUT2D eigenvalue weighted by Gasteiger charge is 2.15. The van der Waals surface area contributed by atoms with Crippen molar-refractivity contribution < 1.29 is 9.21 Å². The van der Waals surface area contributed by atoms with Crippen molar-refractivity contribution in [3.8, 4) is 0 Å². The maximum absolute atomic E-state index is 12.1. The van der Waals surface area contributed by atoms with Gasteiger partial charge in [-0.3, -0.25) is 9.78 Å². The summed E-state index contributed by atoms with van der Waals surface area (Å²) in [5.74, 6) is 0.495. The Morgan fingerprint density at radius 1 is 1.56 bits per heavy atom.